The molecular weight excluding hydrogens is 244 g/mol. The van der Waals surface area contributed by atoms with Crippen LogP contribution in [0, 0.1) is 0 Å². The van der Waals surface area contributed by atoms with Crippen LogP contribution in [0.25, 0.3) is 0 Å². The van der Waals surface area contributed by atoms with E-state index in [-0.39, 0.29) is 11.7 Å². The van der Waals surface area contributed by atoms with Crippen LogP contribution < -0.4 is 0 Å². The van der Waals surface area contributed by atoms with Gasteiger partial charge in [0.15, 0.2) is 5.69 Å². The minimum absolute atomic E-state index is 0.157. The van der Waals surface area contributed by atoms with E-state index in [0.29, 0.717) is 17.2 Å². The number of methoxy groups -OCH3 is 2. The van der Waals surface area contributed by atoms with Crippen LogP contribution in [0.5, 0.6) is 0 Å². The van der Waals surface area contributed by atoms with Crippen LogP contribution in [0.4, 0.5) is 0 Å². The summed E-state index contributed by atoms with van der Waals surface area (Å²) >= 11 is 1.37. The second-order valence-corrected chi connectivity index (χ2v) is 4.02. The van der Waals surface area contributed by atoms with Crippen molar-refractivity contribution < 1.29 is 19.1 Å². The molecule has 17 heavy (non-hydrogen) atoms. The lowest BCUT2D eigenvalue weighted by Gasteiger charge is -2.01. The Kier molecular flexibility index (Phi) is 5.41. The van der Waals surface area contributed by atoms with Crippen molar-refractivity contribution in [3.05, 3.63) is 18.1 Å². The molecule has 1 rings (SSSR count). The van der Waals surface area contributed by atoms with Crippen molar-refractivity contribution in [2.75, 3.05) is 20.0 Å². The topological polar surface area (TPSA) is 78.4 Å². The van der Waals surface area contributed by atoms with Crippen molar-refractivity contribution in [1.82, 2.24) is 9.97 Å². The fourth-order valence-corrected chi connectivity index (χ4v) is 1.67. The normalized spacial score (nSPS) is 9.76. The first-order valence-corrected chi connectivity index (χ1v) is 5.76. The molecule has 0 N–H and O–H groups in total. The van der Waals surface area contributed by atoms with Gasteiger partial charge in [-0.2, -0.15) is 0 Å². The largest absolute Gasteiger partial charge is 0.469 e. The number of nitrogens with zero attached hydrogens (tertiary/aromatic N) is 2. The molecule has 0 aliphatic heterocycles. The molecule has 0 saturated heterocycles. The van der Waals surface area contributed by atoms with Crippen LogP contribution in [0.15, 0.2) is 17.4 Å². The third-order valence-corrected chi connectivity index (χ3v) is 2.72. The average molecular weight is 256 g/mol. The zero-order chi connectivity index (χ0) is 12.7. The predicted molar refractivity (Wildman–Crippen MR) is 60.7 cm³/mol. The third-order valence-electron chi connectivity index (χ3n) is 1.81. The zero-order valence-corrected chi connectivity index (χ0v) is 10.3. The van der Waals surface area contributed by atoms with E-state index in [2.05, 4.69) is 19.4 Å². The summed E-state index contributed by atoms with van der Waals surface area (Å²) in [5.41, 5.74) is 0.157. The van der Waals surface area contributed by atoms with Crippen LogP contribution in [-0.4, -0.2) is 41.9 Å². The molecule has 0 fully saturated rings. The van der Waals surface area contributed by atoms with E-state index in [0.717, 1.165) is 0 Å². The Balaban J connectivity index is 2.46. The molecule has 0 bridgehead atoms. The number of hydrogen-bond acceptors (Lipinski definition) is 7. The summed E-state index contributed by atoms with van der Waals surface area (Å²) in [6, 6.07) is 0. The highest BCUT2D eigenvalue weighted by Gasteiger charge is 2.08. The number of hydrogen-bond donors (Lipinski definition) is 0. The van der Waals surface area contributed by atoms with Gasteiger partial charge in [-0.1, -0.05) is 0 Å². The first-order valence-electron chi connectivity index (χ1n) is 4.77. The molecule has 6 nitrogen and oxygen atoms in total. The summed E-state index contributed by atoms with van der Waals surface area (Å²) in [5, 5.41) is 0.640. The molecule has 1 heterocycles. The lowest BCUT2D eigenvalue weighted by Crippen LogP contribution is -2.05. The molecule has 0 amide bonds. The number of esters is 2. The first-order chi connectivity index (χ1) is 8.17. The molecule has 0 saturated carbocycles. The number of carbonyl (C=O) groups is 2. The van der Waals surface area contributed by atoms with Gasteiger partial charge >= 0.3 is 11.9 Å². The second-order valence-electron chi connectivity index (χ2n) is 2.91. The van der Waals surface area contributed by atoms with Gasteiger partial charge in [0, 0.05) is 5.75 Å². The van der Waals surface area contributed by atoms with E-state index >= 15 is 0 Å². The van der Waals surface area contributed by atoms with Gasteiger partial charge in [-0.05, 0) is 0 Å². The minimum Gasteiger partial charge on any atom is -0.469 e. The minimum atomic E-state index is -0.524. The summed E-state index contributed by atoms with van der Waals surface area (Å²) in [7, 11) is 2.63. The van der Waals surface area contributed by atoms with Gasteiger partial charge in [0.05, 0.1) is 33.0 Å². The van der Waals surface area contributed by atoms with E-state index in [1.54, 1.807) is 0 Å². The standard InChI is InChI=1S/C10H12N2O4S/c1-15-9(13)3-4-17-8-6-11-7(5-12-8)10(14)16-2/h5-6H,3-4H2,1-2H3. The van der Waals surface area contributed by atoms with Gasteiger partial charge in [0.1, 0.15) is 5.03 Å². The Hall–Kier alpha value is -1.63. The van der Waals surface area contributed by atoms with E-state index < -0.39 is 5.97 Å². The summed E-state index contributed by atoms with van der Waals surface area (Å²) in [6.45, 7) is 0. The maximum Gasteiger partial charge on any atom is 0.358 e. The van der Waals surface area contributed by atoms with E-state index in [1.807, 2.05) is 0 Å². The van der Waals surface area contributed by atoms with Crippen LogP contribution >= 0.6 is 11.8 Å². The van der Waals surface area contributed by atoms with Gasteiger partial charge in [-0.15, -0.1) is 11.8 Å². The van der Waals surface area contributed by atoms with Crippen molar-refractivity contribution in [3.8, 4) is 0 Å². The van der Waals surface area contributed by atoms with Crippen molar-refractivity contribution >= 4 is 23.7 Å². The van der Waals surface area contributed by atoms with Crippen LogP contribution in [-0.2, 0) is 14.3 Å². The average Bonchev–Trinajstić information content (AvgIpc) is 2.38. The van der Waals surface area contributed by atoms with Crippen LogP contribution in [0.1, 0.15) is 16.9 Å². The molecule has 7 heteroatoms. The molecule has 92 valence electrons. The van der Waals surface area contributed by atoms with Crippen molar-refractivity contribution in [3.63, 3.8) is 0 Å². The highest BCUT2D eigenvalue weighted by Crippen LogP contribution is 2.15. The number of aromatic nitrogens is 2. The molecule has 1 aromatic heterocycles. The molecule has 0 aliphatic rings. The lowest BCUT2D eigenvalue weighted by atomic mass is 10.5. The number of ether oxygens (including phenoxy) is 2. The van der Waals surface area contributed by atoms with E-state index in [9.17, 15) is 9.59 Å². The van der Waals surface area contributed by atoms with Gasteiger partial charge in [-0.3, -0.25) is 4.79 Å². The molecule has 0 aliphatic carbocycles. The highest BCUT2D eigenvalue weighted by molar-refractivity contribution is 7.99. The quantitative estimate of drug-likeness (QED) is 0.572. The molecule has 0 atom stereocenters. The molecule has 0 aromatic carbocycles. The van der Waals surface area contributed by atoms with E-state index in [4.69, 9.17) is 0 Å². The molecule has 1 aromatic rings. The zero-order valence-electron chi connectivity index (χ0n) is 9.50. The smallest absolute Gasteiger partial charge is 0.358 e. The van der Waals surface area contributed by atoms with Gasteiger partial charge in [0.2, 0.25) is 0 Å². The Morgan fingerprint density at radius 2 is 2.00 bits per heavy atom. The Morgan fingerprint density at radius 1 is 1.24 bits per heavy atom. The van der Waals surface area contributed by atoms with Gasteiger partial charge < -0.3 is 9.47 Å². The van der Waals surface area contributed by atoms with Gasteiger partial charge in [0.25, 0.3) is 0 Å². The molecule has 0 radical (unpaired) electrons. The number of carbonyl (C=O) groups excluding carboxylic acids is 2. The summed E-state index contributed by atoms with van der Waals surface area (Å²) in [6.07, 6.45) is 3.11. The first kappa shape index (κ1) is 13.4. The molecular formula is C10H12N2O4S. The molecule has 0 spiro atoms. The summed E-state index contributed by atoms with van der Waals surface area (Å²) in [5.74, 6) is -0.237. The monoisotopic (exact) mass is 256 g/mol. The number of thioether (sulfide) groups is 1. The second kappa shape index (κ2) is 6.85. The van der Waals surface area contributed by atoms with Crippen LogP contribution in [0.2, 0.25) is 0 Å². The Labute approximate surface area is 103 Å². The Bertz CT molecular complexity index is 394. The number of rotatable bonds is 5. The SMILES string of the molecule is COC(=O)CCSc1cnc(C(=O)OC)cn1. The maximum atomic E-state index is 11.1. The third kappa shape index (κ3) is 4.39. The summed E-state index contributed by atoms with van der Waals surface area (Å²) in [4.78, 5) is 29.8. The van der Waals surface area contributed by atoms with Crippen LogP contribution in [0.3, 0.4) is 0 Å². The predicted octanol–water partition coefficient (Wildman–Crippen LogP) is 0.918. The van der Waals surface area contributed by atoms with Crippen molar-refractivity contribution in [2.45, 2.75) is 11.4 Å². The van der Waals surface area contributed by atoms with Crippen molar-refractivity contribution in [2.24, 2.45) is 0 Å². The fraction of sp³-hybridized carbons (Fsp3) is 0.400. The van der Waals surface area contributed by atoms with Gasteiger partial charge in [-0.25, -0.2) is 14.8 Å². The lowest BCUT2D eigenvalue weighted by molar-refractivity contribution is -0.140. The highest BCUT2D eigenvalue weighted by atomic mass is 32.2. The van der Waals surface area contributed by atoms with Crippen molar-refractivity contribution in [1.29, 1.82) is 0 Å². The molecule has 0 unspecified atom stereocenters. The summed E-state index contributed by atoms with van der Waals surface area (Å²) < 4.78 is 9.00. The van der Waals surface area contributed by atoms with E-state index in [1.165, 1.54) is 38.4 Å². The maximum absolute atomic E-state index is 11.1. The fourth-order valence-electron chi connectivity index (χ4n) is 0.942. The Morgan fingerprint density at radius 3 is 2.53 bits per heavy atom.